The van der Waals surface area contributed by atoms with Crippen molar-refractivity contribution in [1.82, 2.24) is 9.97 Å². The lowest BCUT2D eigenvalue weighted by atomic mass is 10.1. The quantitative estimate of drug-likeness (QED) is 0.905. The van der Waals surface area contributed by atoms with Gasteiger partial charge in [0.25, 0.3) is 0 Å². The summed E-state index contributed by atoms with van der Waals surface area (Å²) < 4.78 is 5.29. The molecule has 0 radical (unpaired) electrons. The number of halogens is 1. The highest BCUT2D eigenvalue weighted by atomic mass is 35.5. The van der Waals surface area contributed by atoms with E-state index >= 15 is 0 Å². The molecule has 0 aliphatic heterocycles. The summed E-state index contributed by atoms with van der Waals surface area (Å²) in [6.07, 6.45) is 0. The van der Waals surface area contributed by atoms with Crippen LogP contribution in [-0.4, -0.2) is 17.1 Å². The largest absolute Gasteiger partial charge is 0.496 e. The van der Waals surface area contributed by atoms with E-state index in [1.165, 1.54) is 0 Å². The number of nitrogens with two attached hydrogens (primary N) is 1. The summed E-state index contributed by atoms with van der Waals surface area (Å²) in [5.41, 5.74) is 8.39. The first-order valence-electron chi connectivity index (χ1n) is 5.47. The maximum absolute atomic E-state index is 5.93. The predicted octanol–water partition coefficient (Wildman–Crippen LogP) is 3.00. The highest BCUT2D eigenvalue weighted by Gasteiger charge is 2.12. The van der Waals surface area contributed by atoms with Crippen molar-refractivity contribution in [3.8, 4) is 17.1 Å². The summed E-state index contributed by atoms with van der Waals surface area (Å²) in [5.74, 6) is 1.66. The molecule has 18 heavy (non-hydrogen) atoms. The van der Waals surface area contributed by atoms with E-state index in [-0.39, 0.29) is 0 Å². The number of aryl methyl sites for hydroxylation is 1. The molecule has 4 nitrogen and oxygen atoms in total. The molecule has 94 valence electrons. The van der Waals surface area contributed by atoms with E-state index in [9.17, 15) is 0 Å². The fourth-order valence-corrected chi connectivity index (χ4v) is 1.78. The third-order valence-corrected chi connectivity index (χ3v) is 3.07. The molecule has 0 bridgehead atoms. The minimum Gasteiger partial charge on any atom is -0.496 e. The van der Waals surface area contributed by atoms with Crippen LogP contribution in [0.25, 0.3) is 11.4 Å². The molecule has 0 aliphatic carbocycles. The van der Waals surface area contributed by atoms with Crippen LogP contribution in [0.5, 0.6) is 5.75 Å². The Kier molecular flexibility index (Phi) is 3.39. The second kappa shape index (κ2) is 4.82. The van der Waals surface area contributed by atoms with Gasteiger partial charge in [-0.15, -0.1) is 0 Å². The molecule has 2 aromatic rings. The summed E-state index contributed by atoms with van der Waals surface area (Å²) in [7, 11) is 1.58. The topological polar surface area (TPSA) is 61.0 Å². The lowest BCUT2D eigenvalue weighted by Crippen LogP contribution is -2.02. The number of methoxy groups -OCH3 is 1. The van der Waals surface area contributed by atoms with Gasteiger partial charge >= 0.3 is 0 Å². The number of benzene rings is 1. The van der Waals surface area contributed by atoms with Gasteiger partial charge in [-0.1, -0.05) is 11.6 Å². The number of hydrogen-bond donors (Lipinski definition) is 1. The Labute approximate surface area is 111 Å². The van der Waals surface area contributed by atoms with E-state index in [4.69, 9.17) is 22.1 Å². The van der Waals surface area contributed by atoms with Crippen molar-refractivity contribution < 1.29 is 4.74 Å². The molecular weight excluding hydrogens is 250 g/mol. The second-order valence-corrected chi connectivity index (χ2v) is 4.42. The molecule has 0 saturated carbocycles. The molecule has 1 heterocycles. The van der Waals surface area contributed by atoms with Crippen LogP contribution in [0.3, 0.4) is 0 Å². The van der Waals surface area contributed by atoms with E-state index in [1.54, 1.807) is 19.2 Å². The van der Waals surface area contributed by atoms with Gasteiger partial charge in [-0.05, 0) is 32.0 Å². The smallest absolute Gasteiger partial charge is 0.165 e. The zero-order valence-corrected chi connectivity index (χ0v) is 11.2. The zero-order valence-electron chi connectivity index (χ0n) is 10.5. The number of aromatic nitrogens is 2. The van der Waals surface area contributed by atoms with Gasteiger partial charge < -0.3 is 10.5 Å². The molecule has 1 aromatic heterocycles. The normalized spacial score (nSPS) is 10.4. The van der Waals surface area contributed by atoms with Crippen molar-refractivity contribution >= 4 is 17.4 Å². The van der Waals surface area contributed by atoms with Crippen LogP contribution in [0.2, 0.25) is 5.02 Å². The van der Waals surface area contributed by atoms with Crippen molar-refractivity contribution in [2.24, 2.45) is 0 Å². The van der Waals surface area contributed by atoms with E-state index in [0.717, 1.165) is 16.8 Å². The van der Waals surface area contributed by atoms with Gasteiger partial charge in [-0.3, -0.25) is 0 Å². The molecule has 0 saturated heterocycles. The number of anilines is 1. The molecule has 2 N–H and O–H groups in total. The number of hydrogen-bond acceptors (Lipinski definition) is 4. The van der Waals surface area contributed by atoms with Crippen LogP contribution in [0.1, 0.15) is 11.3 Å². The fraction of sp³-hybridized carbons (Fsp3) is 0.231. The third kappa shape index (κ3) is 2.24. The molecular formula is C13H14ClN3O. The first-order chi connectivity index (χ1) is 8.52. The molecule has 5 heteroatoms. The predicted molar refractivity (Wildman–Crippen MR) is 72.9 cm³/mol. The fourth-order valence-electron chi connectivity index (χ4n) is 1.62. The molecule has 0 spiro atoms. The van der Waals surface area contributed by atoms with E-state index in [1.807, 2.05) is 19.9 Å². The van der Waals surface area contributed by atoms with Crippen LogP contribution in [0.15, 0.2) is 18.2 Å². The first kappa shape index (κ1) is 12.6. The minimum atomic E-state index is 0.481. The molecule has 0 aliphatic rings. The number of nitrogens with zero attached hydrogens (tertiary/aromatic N) is 2. The Hall–Kier alpha value is -1.81. The molecule has 0 fully saturated rings. The van der Waals surface area contributed by atoms with Crippen LogP contribution >= 0.6 is 11.6 Å². The third-order valence-electron chi connectivity index (χ3n) is 2.83. The highest BCUT2D eigenvalue weighted by Crippen LogP contribution is 2.31. The average Bonchev–Trinajstić information content (AvgIpc) is 2.35. The van der Waals surface area contributed by atoms with E-state index in [0.29, 0.717) is 22.4 Å². The van der Waals surface area contributed by atoms with Crippen molar-refractivity contribution in [3.63, 3.8) is 0 Å². The van der Waals surface area contributed by atoms with E-state index < -0.39 is 0 Å². The van der Waals surface area contributed by atoms with Crippen molar-refractivity contribution in [2.45, 2.75) is 13.8 Å². The summed E-state index contributed by atoms with van der Waals surface area (Å²) in [6.45, 7) is 3.80. The van der Waals surface area contributed by atoms with Gasteiger partial charge in [0.1, 0.15) is 11.6 Å². The van der Waals surface area contributed by atoms with Gasteiger partial charge in [0.15, 0.2) is 5.82 Å². The lowest BCUT2D eigenvalue weighted by Gasteiger charge is -2.10. The van der Waals surface area contributed by atoms with Gasteiger partial charge in [0, 0.05) is 16.3 Å². The average molecular weight is 264 g/mol. The van der Waals surface area contributed by atoms with E-state index in [2.05, 4.69) is 9.97 Å². The second-order valence-electron chi connectivity index (χ2n) is 3.99. The Morgan fingerprint density at radius 3 is 2.56 bits per heavy atom. The zero-order chi connectivity index (χ0) is 13.3. The molecule has 0 atom stereocenters. The number of ether oxygens (including phenoxy) is 1. The summed E-state index contributed by atoms with van der Waals surface area (Å²) in [4.78, 5) is 8.71. The SMILES string of the molecule is COc1cc(Cl)ccc1-c1nc(C)c(C)c(N)n1. The lowest BCUT2D eigenvalue weighted by molar-refractivity contribution is 0.416. The van der Waals surface area contributed by atoms with Gasteiger partial charge in [-0.2, -0.15) is 0 Å². The van der Waals surface area contributed by atoms with Gasteiger partial charge in [0.05, 0.1) is 12.7 Å². The minimum absolute atomic E-state index is 0.481. The summed E-state index contributed by atoms with van der Waals surface area (Å²) in [5, 5.41) is 0.604. The molecule has 1 aromatic carbocycles. The molecule has 2 rings (SSSR count). The summed E-state index contributed by atoms with van der Waals surface area (Å²) >= 11 is 5.93. The Morgan fingerprint density at radius 1 is 1.22 bits per heavy atom. The number of nitrogen functional groups attached to an aromatic ring is 1. The van der Waals surface area contributed by atoms with Gasteiger partial charge in [-0.25, -0.2) is 9.97 Å². The van der Waals surface area contributed by atoms with Crippen LogP contribution in [0, 0.1) is 13.8 Å². The first-order valence-corrected chi connectivity index (χ1v) is 5.85. The van der Waals surface area contributed by atoms with Crippen LogP contribution in [0.4, 0.5) is 5.82 Å². The standard InChI is InChI=1S/C13H14ClN3O/c1-7-8(2)16-13(17-12(7)15)10-5-4-9(14)6-11(10)18-3/h4-6H,1-3H3,(H2,15,16,17). The monoisotopic (exact) mass is 263 g/mol. The summed E-state index contributed by atoms with van der Waals surface area (Å²) in [6, 6.07) is 5.32. The number of rotatable bonds is 2. The highest BCUT2D eigenvalue weighted by molar-refractivity contribution is 6.30. The Bertz CT molecular complexity index is 576. The molecule has 0 amide bonds. The molecule has 0 unspecified atom stereocenters. The van der Waals surface area contributed by atoms with Crippen molar-refractivity contribution in [1.29, 1.82) is 0 Å². The Morgan fingerprint density at radius 2 is 1.94 bits per heavy atom. The van der Waals surface area contributed by atoms with Crippen molar-refractivity contribution in [2.75, 3.05) is 12.8 Å². The Balaban J connectivity index is 2.62. The van der Waals surface area contributed by atoms with Crippen molar-refractivity contribution in [3.05, 3.63) is 34.5 Å². The maximum atomic E-state index is 5.93. The van der Waals surface area contributed by atoms with Gasteiger partial charge in [0.2, 0.25) is 0 Å². The van der Waals surface area contributed by atoms with Crippen LogP contribution in [-0.2, 0) is 0 Å². The van der Waals surface area contributed by atoms with Crippen LogP contribution < -0.4 is 10.5 Å². The maximum Gasteiger partial charge on any atom is 0.165 e.